The number of carbonyl (C=O) groups is 1. The molecule has 0 aromatic heterocycles. The number of hydrogen-bond acceptors (Lipinski definition) is 3. The summed E-state index contributed by atoms with van der Waals surface area (Å²) in [6.45, 7) is 6.22. The summed E-state index contributed by atoms with van der Waals surface area (Å²) < 4.78 is 10.4. The number of aldehydes is 1. The molecule has 0 aromatic carbocycles. The number of ether oxygens (including phenoxy) is 2. The molecule has 0 fully saturated rings. The van der Waals surface area contributed by atoms with Gasteiger partial charge in [-0.1, -0.05) is 0 Å². The van der Waals surface area contributed by atoms with Crippen molar-refractivity contribution in [3.8, 4) is 0 Å². The minimum atomic E-state index is -0.213. The van der Waals surface area contributed by atoms with Crippen LogP contribution in [0.3, 0.4) is 0 Å². The first kappa shape index (κ1) is 10.6. The Morgan fingerprint density at radius 3 is 2.55 bits per heavy atom. The lowest BCUT2D eigenvalue weighted by molar-refractivity contribution is -0.155. The summed E-state index contributed by atoms with van der Waals surface area (Å²) in [6.07, 6.45) is 1.02. The van der Waals surface area contributed by atoms with Crippen LogP contribution in [0.25, 0.3) is 0 Å². The molecule has 0 heterocycles. The molecule has 11 heavy (non-hydrogen) atoms. The Morgan fingerprint density at radius 2 is 2.09 bits per heavy atom. The quantitative estimate of drug-likeness (QED) is 0.435. The number of rotatable bonds is 6. The first-order chi connectivity index (χ1) is 5.20. The average molecular weight is 160 g/mol. The Labute approximate surface area is 67.7 Å². The maximum Gasteiger partial charge on any atom is 0.155 e. The van der Waals surface area contributed by atoms with Gasteiger partial charge in [-0.2, -0.15) is 0 Å². The van der Waals surface area contributed by atoms with E-state index in [0.29, 0.717) is 13.0 Å². The summed E-state index contributed by atoms with van der Waals surface area (Å²) in [5.74, 6) is 0. The first-order valence-electron chi connectivity index (χ1n) is 3.91. The second-order valence-electron chi connectivity index (χ2n) is 2.37. The zero-order valence-electron chi connectivity index (χ0n) is 7.37. The molecule has 0 aromatic rings. The minimum Gasteiger partial charge on any atom is -0.353 e. The molecule has 0 amide bonds. The Morgan fingerprint density at radius 1 is 1.45 bits per heavy atom. The van der Waals surface area contributed by atoms with Crippen LogP contribution >= 0.6 is 0 Å². The van der Waals surface area contributed by atoms with Gasteiger partial charge in [0.1, 0.15) is 6.29 Å². The maximum absolute atomic E-state index is 10.0. The molecule has 0 N–H and O–H groups in total. The van der Waals surface area contributed by atoms with Crippen molar-refractivity contribution in [3.63, 3.8) is 0 Å². The van der Waals surface area contributed by atoms with Crippen molar-refractivity contribution in [1.29, 1.82) is 0 Å². The summed E-state index contributed by atoms with van der Waals surface area (Å²) in [6, 6.07) is 0. The molecule has 0 rings (SSSR count). The second kappa shape index (κ2) is 6.31. The predicted octanol–water partition coefficient (Wildman–Crippen LogP) is 1.36. The zero-order chi connectivity index (χ0) is 8.69. The smallest absolute Gasteiger partial charge is 0.155 e. The Bertz CT molecular complexity index is 104. The van der Waals surface area contributed by atoms with E-state index in [9.17, 15) is 4.79 Å². The van der Waals surface area contributed by atoms with E-state index in [1.54, 1.807) is 0 Å². The van der Waals surface area contributed by atoms with Gasteiger partial charge in [0.15, 0.2) is 6.29 Å². The molecule has 0 radical (unpaired) electrons. The Balaban J connectivity index is 3.39. The first-order valence-corrected chi connectivity index (χ1v) is 3.91. The molecule has 0 saturated carbocycles. The highest BCUT2D eigenvalue weighted by Gasteiger charge is 2.06. The van der Waals surface area contributed by atoms with Crippen molar-refractivity contribution < 1.29 is 14.3 Å². The third-order valence-corrected chi connectivity index (χ3v) is 1.25. The van der Waals surface area contributed by atoms with E-state index >= 15 is 0 Å². The zero-order valence-corrected chi connectivity index (χ0v) is 7.37. The lowest BCUT2D eigenvalue weighted by Gasteiger charge is -2.16. The molecule has 3 heteroatoms. The fourth-order valence-electron chi connectivity index (χ4n) is 0.792. The molecule has 0 bridgehead atoms. The largest absolute Gasteiger partial charge is 0.353 e. The molecule has 0 aliphatic heterocycles. The Hall–Kier alpha value is -0.410. The fraction of sp³-hybridized carbons (Fsp3) is 0.875. The van der Waals surface area contributed by atoms with Crippen LogP contribution in [-0.4, -0.2) is 25.3 Å². The van der Waals surface area contributed by atoms with Crippen molar-refractivity contribution in [2.75, 3.05) is 6.61 Å². The highest BCUT2D eigenvalue weighted by atomic mass is 16.7. The van der Waals surface area contributed by atoms with Gasteiger partial charge in [-0.05, 0) is 20.8 Å². The van der Waals surface area contributed by atoms with Gasteiger partial charge in [0.25, 0.3) is 0 Å². The number of carbonyl (C=O) groups excluding carboxylic acids is 1. The van der Waals surface area contributed by atoms with Gasteiger partial charge in [-0.25, -0.2) is 0 Å². The molecule has 2 atom stereocenters. The fourth-order valence-corrected chi connectivity index (χ4v) is 0.792. The van der Waals surface area contributed by atoms with E-state index in [1.165, 1.54) is 0 Å². The average Bonchev–Trinajstić information content (AvgIpc) is 1.87. The Kier molecular flexibility index (Phi) is 6.07. The van der Waals surface area contributed by atoms with Crippen LogP contribution in [0.2, 0.25) is 0 Å². The van der Waals surface area contributed by atoms with Crippen molar-refractivity contribution in [2.45, 2.75) is 39.6 Å². The lowest BCUT2D eigenvalue weighted by Crippen LogP contribution is -2.20. The summed E-state index contributed by atoms with van der Waals surface area (Å²) in [4.78, 5) is 10.0. The van der Waals surface area contributed by atoms with Gasteiger partial charge >= 0.3 is 0 Å². The molecule has 1 unspecified atom stereocenters. The van der Waals surface area contributed by atoms with E-state index in [2.05, 4.69) is 0 Å². The summed E-state index contributed by atoms with van der Waals surface area (Å²) in [5.41, 5.74) is 0. The summed E-state index contributed by atoms with van der Waals surface area (Å²) in [7, 11) is 0. The molecule has 66 valence electrons. The van der Waals surface area contributed by atoms with E-state index < -0.39 is 0 Å². The molecule has 0 saturated heterocycles. The molecule has 0 aliphatic carbocycles. The van der Waals surface area contributed by atoms with Gasteiger partial charge in [-0.15, -0.1) is 0 Å². The van der Waals surface area contributed by atoms with E-state index in [1.807, 2.05) is 20.8 Å². The van der Waals surface area contributed by atoms with Crippen LogP contribution in [0.4, 0.5) is 0 Å². The summed E-state index contributed by atoms with van der Waals surface area (Å²) in [5, 5.41) is 0. The van der Waals surface area contributed by atoms with Gasteiger partial charge in [0.2, 0.25) is 0 Å². The molecular weight excluding hydrogens is 144 g/mol. The third-order valence-electron chi connectivity index (χ3n) is 1.25. The SMILES string of the molecule is CCOC(C)O[C@H](C)CC=O. The van der Waals surface area contributed by atoms with Gasteiger partial charge in [-0.3, -0.25) is 0 Å². The molecule has 3 nitrogen and oxygen atoms in total. The minimum absolute atomic E-state index is 0.0472. The normalized spacial score (nSPS) is 15.9. The van der Waals surface area contributed by atoms with Gasteiger partial charge in [0, 0.05) is 13.0 Å². The third kappa shape index (κ3) is 6.01. The van der Waals surface area contributed by atoms with Crippen LogP contribution in [0.5, 0.6) is 0 Å². The van der Waals surface area contributed by atoms with Crippen molar-refractivity contribution in [3.05, 3.63) is 0 Å². The van der Waals surface area contributed by atoms with Crippen LogP contribution in [0, 0.1) is 0 Å². The van der Waals surface area contributed by atoms with E-state index in [-0.39, 0.29) is 12.4 Å². The molecule has 0 spiro atoms. The van der Waals surface area contributed by atoms with Crippen LogP contribution in [-0.2, 0) is 14.3 Å². The molecular formula is C8H16O3. The van der Waals surface area contributed by atoms with Crippen molar-refractivity contribution >= 4 is 6.29 Å². The lowest BCUT2D eigenvalue weighted by atomic mass is 10.3. The van der Waals surface area contributed by atoms with Crippen molar-refractivity contribution in [2.24, 2.45) is 0 Å². The predicted molar refractivity (Wildman–Crippen MR) is 42.3 cm³/mol. The van der Waals surface area contributed by atoms with Gasteiger partial charge in [0.05, 0.1) is 6.10 Å². The maximum atomic E-state index is 10.0. The summed E-state index contributed by atoms with van der Waals surface area (Å²) >= 11 is 0. The highest BCUT2D eigenvalue weighted by molar-refractivity contribution is 5.49. The van der Waals surface area contributed by atoms with E-state index in [0.717, 1.165) is 6.29 Å². The van der Waals surface area contributed by atoms with E-state index in [4.69, 9.17) is 9.47 Å². The van der Waals surface area contributed by atoms with Crippen LogP contribution in [0.15, 0.2) is 0 Å². The second-order valence-corrected chi connectivity index (χ2v) is 2.37. The highest BCUT2D eigenvalue weighted by Crippen LogP contribution is 2.01. The van der Waals surface area contributed by atoms with Crippen LogP contribution < -0.4 is 0 Å². The van der Waals surface area contributed by atoms with Crippen molar-refractivity contribution in [1.82, 2.24) is 0 Å². The van der Waals surface area contributed by atoms with Gasteiger partial charge < -0.3 is 14.3 Å². The number of hydrogen-bond donors (Lipinski definition) is 0. The monoisotopic (exact) mass is 160 g/mol. The topological polar surface area (TPSA) is 35.5 Å². The van der Waals surface area contributed by atoms with Crippen LogP contribution in [0.1, 0.15) is 27.2 Å². The standard InChI is InChI=1S/C8H16O3/c1-4-10-8(3)11-7(2)5-6-9/h6-8H,4-5H2,1-3H3/t7-,8?/m1/s1. The molecule has 0 aliphatic rings.